The fraction of sp³-hybridized carbons (Fsp3) is 0.269. The lowest BCUT2D eigenvalue weighted by Crippen LogP contribution is -2.32. The molecule has 7 heteroatoms. The van der Waals surface area contributed by atoms with Gasteiger partial charge in [-0.2, -0.15) is 0 Å². The first kappa shape index (κ1) is 19.9. The second-order valence-corrected chi connectivity index (χ2v) is 9.20. The molecule has 0 saturated carbocycles. The number of rotatable bonds is 2. The minimum absolute atomic E-state index is 0.172. The van der Waals surface area contributed by atoms with E-state index in [0.717, 1.165) is 45.7 Å². The van der Waals surface area contributed by atoms with Crippen LogP contribution in [-0.2, 0) is 15.0 Å². The molecule has 7 nitrogen and oxygen atoms in total. The van der Waals surface area contributed by atoms with E-state index in [9.17, 15) is 0 Å². The number of aliphatic imine (C=N–C) groups is 1. The van der Waals surface area contributed by atoms with E-state index < -0.39 is 5.54 Å². The van der Waals surface area contributed by atoms with Gasteiger partial charge in [-0.3, -0.25) is 9.97 Å². The van der Waals surface area contributed by atoms with E-state index in [1.165, 1.54) is 0 Å². The van der Waals surface area contributed by atoms with Crippen molar-refractivity contribution in [1.82, 2.24) is 9.97 Å². The third-order valence-corrected chi connectivity index (χ3v) is 6.43. The lowest BCUT2D eigenvalue weighted by molar-refractivity contribution is -0.00306. The molecule has 0 amide bonds. The number of nitrogens with zero attached hydrogens (tertiary/aromatic N) is 3. The zero-order valence-corrected chi connectivity index (χ0v) is 18.5. The number of nitrogens with two attached hydrogens (primary N) is 1. The summed E-state index contributed by atoms with van der Waals surface area (Å²) in [6.45, 7) is 5.05. The first-order valence-electron chi connectivity index (χ1n) is 11.0. The van der Waals surface area contributed by atoms with Crippen LogP contribution in [-0.4, -0.2) is 34.8 Å². The number of hydrogen-bond donors (Lipinski definition) is 1. The van der Waals surface area contributed by atoms with Crippen LogP contribution < -0.4 is 10.5 Å². The normalized spacial score (nSPS) is 22.5. The summed E-state index contributed by atoms with van der Waals surface area (Å²) in [6, 6.07) is 12.3. The van der Waals surface area contributed by atoms with Gasteiger partial charge < -0.3 is 19.9 Å². The lowest BCUT2D eigenvalue weighted by atomic mass is 9.80. The Balaban J connectivity index is 1.51. The van der Waals surface area contributed by atoms with Crippen LogP contribution in [0.5, 0.6) is 11.5 Å². The zero-order chi connectivity index (χ0) is 22.6. The number of hydrogen-bond acceptors (Lipinski definition) is 7. The van der Waals surface area contributed by atoms with Crippen LogP contribution in [0.4, 0.5) is 0 Å². The van der Waals surface area contributed by atoms with E-state index in [1.807, 2.05) is 30.5 Å². The minimum atomic E-state index is -0.801. The van der Waals surface area contributed by atoms with E-state index in [1.54, 1.807) is 12.4 Å². The molecule has 1 spiro atoms. The van der Waals surface area contributed by atoms with Crippen LogP contribution in [0.3, 0.4) is 0 Å². The molecule has 2 aromatic heterocycles. The fourth-order valence-corrected chi connectivity index (χ4v) is 4.79. The van der Waals surface area contributed by atoms with Crippen LogP contribution in [0.1, 0.15) is 37.1 Å². The summed E-state index contributed by atoms with van der Waals surface area (Å²) in [5.41, 5.74) is 10.9. The summed E-state index contributed by atoms with van der Waals surface area (Å²) in [4.78, 5) is 13.8. The van der Waals surface area contributed by atoms with Gasteiger partial charge in [-0.25, -0.2) is 4.99 Å². The van der Waals surface area contributed by atoms with Crippen LogP contribution >= 0.6 is 0 Å². The van der Waals surface area contributed by atoms with Crippen LogP contribution in [0.2, 0.25) is 0 Å². The highest BCUT2D eigenvalue weighted by Gasteiger charge is 2.47. The molecular weight excluding hydrogens is 416 g/mol. The van der Waals surface area contributed by atoms with Gasteiger partial charge in [0.2, 0.25) is 0 Å². The highest BCUT2D eigenvalue weighted by atomic mass is 16.5. The first-order chi connectivity index (χ1) is 15.9. The Kier molecular flexibility index (Phi) is 4.32. The predicted molar refractivity (Wildman–Crippen MR) is 125 cm³/mol. The molecule has 0 unspecified atom stereocenters. The number of benzene rings is 1. The minimum Gasteiger partial charge on any atom is -0.462 e. The quantitative estimate of drug-likeness (QED) is 0.634. The molecule has 3 aromatic rings. The average Bonchev–Trinajstić information content (AvgIpc) is 3.21. The third kappa shape index (κ3) is 3.27. The molecule has 6 rings (SSSR count). The maximum Gasteiger partial charge on any atom is 0.283 e. The predicted octanol–water partition coefficient (Wildman–Crippen LogP) is 4.42. The smallest absolute Gasteiger partial charge is 0.283 e. The van der Waals surface area contributed by atoms with E-state index >= 15 is 0 Å². The Labute approximate surface area is 192 Å². The monoisotopic (exact) mass is 440 g/mol. The van der Waals surface area contributed by atoms with Crippen molar-refractivity contribution in [3.8, 4) is 22.6 Å². The van der Waals surface area contributed by atoms with Crippen molar-refractivity contribution in [2.75, 3.05) is 13.2 Å². The first-order valence-corrected chi connectivity index (χ1v) is 11.0. The number of fused-ring (bicyclic) bond motifs is 4. The Morgan fingerprint density at radius 3 is 2.64 bits per heavy atom. The highest BCUT2D eigenvalue weighted by molar-refractivity contribution is 5.78. The summed E-state index contributed by atoms with van der Waals surface area (Å²) in [5.74, 6) is 1.38. The Bertz CT molecular complexity index is 1320. The second-order valence-electron chi connectivity index (χ2n) is 9.20. The second kappa shape index (κ2) is 7.15. The van der Waals surface area contributed by atoms with E-state index in [2.05, 4.69) is 37.0 Å². The maximum atomic E-state index is 6.29. The molecule has 3 aliphatic heterocycles. The zero-order valence-electron chi connectivity index (χ0n) is 18.5. The number of ether oxygens (including phenoxy) is 3. The van der Waals surface area contributed by atoms with Crippen molar-refractivity contribution < 1.29 is 14.2 Å². The summed E-state index contributed by atoms with van der Waals surface area (Å²) in [5, 5.41) is 0. The molecule has 5 heterocycles. The van der Waals surface area contributed by atoms with E-state index in [-0.39, 0.29) is 11.6 Å². The van der Waals surface area contributed by atoms with Crippen LogP contribution in [0.25, 0.3) is 16.7 Å². The van der Waals surface area contributed by atoms with Crippen molar-refractivity contribution in [3.05, 3.63) is 77.9 Å². The van der Waals surface area contributed by atoms with Crippen molar-refractivity contribution in [2.24, 2.45) is 10.7 Å². The highest BCUT2D eigenvalue weighted by Crippen LogP contribution is 2.52. The number of aromatic nitrogens is 2. The molecular formula is C26H24N4O3. The van der Waals surface area contributed by atoms with Gasteiger partial charge in [0, 0.05) is 35.5 Å². The van der Waals surface area contributed by atoms with Gasteiger partial charge in [-0.15, -0.1) is 0 Å². The molecule has 0 radical (unpaired) electrons. The van der Waals surface area contributed by atoms with E-state index in [0.29, 0.717) is 19.0 Å². The summed E-state index contributed by atoms with van der Waals surface area (Å²) >= 11 is 0. The van der Waals surface area contributed by atoms with Crippen molar-refractivity contribution in [2.45, 2.75) is 31.4 Å². The Morgan fingerprint density at radius 1 is 1.00 bits per heavy atom. The molecule has 0 aliphatic carbocycles. The van der Waals surface area contributed by atoms with Crippen molar-refractivity contribution in [3.63, 3.8) is 0 Å². The average molecular weight is 441 g/mol. The van der Waals surface area contributed by atoms with Gasteiger partial charge in [-0.1, -0.05) is 18.2 Å². The van der Waals surface area contributed by atoms with Gasteiger partial charge in [0.15, 0.2) is 11.3 Å². The van der Waals surface area contributed by atoms with Gasteiger partial charge in [-0.05, 0) is 49.2 Å². The molecule has 0 saturated heterocycles. The molecule has 3 aliphatic rings. The van der Waals surface area contributed by atoms with Crippen LogP contribution in [0, 0.1) is 0 Å². The van der Waals surface area contributed by atoms with Gasteiger partial charge in [0.05, 0.1) is 24.1 Å². The van der Waals surface area contributed by atoms with Crippen molar-refractivity contribution >= 4 is 11.6 Å². The molecule has 1 atom stereocenters. The Morgan fingerprint density at radius 2 is 1.88 bits per heavy atom. The van der Waals surface area contributed by atoms with Crippen molar-refractivity contribution in [1.29, 1.82) is 0 Å². The topological polar surface area (TPSA) is 91.9 Å². The number of amidine groups is 1. The van der Waals surface area contributed by atoms with Gasteiger partial charge >= 0.3 is 0 Å². The number of pyridine rings is 2. The molecule has 0 fully saturated rings. The summed E-state index contributed by atoms with van der Waals surface area (Å²) < 4.78 is 17.9. The molecule has 0 bridgehead atoms. The van der Waals surface area contributed by atoms with Gasteiger partial charge in [0.1, 0.15) is 12.4 Å². The van der Waals surface area contributed by atoms with Crippen LogP contribution in [0.15, 0.2) is 66.1 Å². The fourth-order valence-electron chi connectivity index (χ4n) is 4.79. The molecule has 166 valence electrons. The SMILES string of the molecule is CC1(C)CC(c2cc3c(cn2)Oc2ccc(-c4cccnc4)cc2[C@@]32COC(N)=N2)=CCO1. The summed E-state index contributed by atoms with van der Waals surface area (Å²) in [6.07, 6.45) is 8.25. The third-order valence-electron chi connectivity index (χ3n) is 6.43. The Hall–Kier alpha value is -3.71. The molecule has 2 N–H and O–H groups in total. The molecule has 1 aromatic carbocycles. The van der Waals surface area contributed by atoms with Gasteiger partial charge in [0.25, 0.3) is 6.02 Å². The lowest BCUT2D eigenvalue weighted by Gasteiger charge is -2.34. The van der Waals surface area contributed by atoms with E-state index in [4.69, 9.17) is 29.9 Å². The maximum absolute atomic E-state index is 6.29. The molecule has 33 heavy (non-hydrogen) atoms. The largest absolute Gasteiger partial charge is 0.462 e. The summed E-state index contributed by atoms with van der Waals surface area (Å²) in [7, 11) is 0. The standard InChI is InChI=1S/C26H24N4O3/c1-25(2)12-17(7-9-32-25)21-11-20-23(14-29-21)33-22-6-5-16(18-4-3-8-28-13-18)10-19(22)26(20)15-31-24(27)30-26/h3-8,10-11,13-14H,9,12,15H2,1-2H3,(H2,27,30)/t26-/m0/s1.